The first-order valence-electron chi connectivity index (χ1n) is 8.01. The van der Waals surface area contributed by atoms with Gasteiger partial charge in [0.2, 0.25) is 0 Å². The Morgan fingerprint density at radius 3 is 1.52 bits per heavy atom. The molecule has 25 heavy (non-hydrogen) atoms. The van der Waals surface area contributed by atoms with Crippen LogP contribution in [0.25, 0.3) is 0 Å². The molecule has 0 aromatic carbocycles. The maximum Gasteiger partial charge on any atom is 0.333 e. The first-order valence-corrected chi connectivity index (χ1v) is 8.01. The van der Waals surface area contributed by atoms with Gasteiger partial charge in [0.15, 0.2) is 6.10 Å². The maximum atomic E-state index is 9.72. The molecule has 0 aromatic rings. The van der Waals surface area contributed by atoms with Crippen LogP contribution in [0.15, 0.2) is 0 Å². The highest BCUT2D eigenvalue weighted by molar-refractivity contribution is 5.79. The van der Waals surface area contributed by atoms with Crippen LogP contribution in [0.1, 0.15) is 48.0 Å². The maximum absolute atomic E-state index is 9.72. The third kappa shape index (κ3) is 31.1. The normalized spacial score (nSPS) is 13.9. The van der Waals surface area contributed by atoms with E-state index in [1.165, 1.54) is 0 Å². The van der Waals surface area contributed by atoms with Crippen molar-refractivity contribution in [1.29, 1.82) is 0 Å². The van der Waals surface area contributed by atoms with Crippen LogP contribution in [0.3, 0.4) is 0 Å². The summed E-state index contributed by atoms with van der Waals surface area (Å²) in [6.45, 7) is 11.9. The number of aliphatic hydroxyl groups is 3. The highest BCUT2D eigenvalue weighted by Gasteiger charge is 2.16. The van der Waals surface area contributed by atoms with Crippen molar-refractivity contribution in [1.82, 2.24) is 0 Å². The second-order valence-electron chi connectivity index (χ2n) is 5.86. The summed E-state index contributed by atoms with van der Waals surface area (Å²) in [5.41, 5.74) is 0. The van der Waals surface area contributed by atoms with E-state index in [2.05, 4.69) is 0 Å². The van der Waals surface area contributed by atoms with Gasteiger partial charge in [0.05, 0.1) is 44.1 Å². The van der Waals surface area contributed by atoms with Gasteiger partial charge in [-0.25, -0.2) is 4.79 Å². The topological polar surface area (TPSA) is 154 Å². The minimum atomic E-state index is -1.79. The van der Waals surface area contributed by atoms with E-state index in [0.29, 0.717) is 18.8 Å². The minimum Gasteiger partial charge on any atom is -0.481 e. The van der Waals surface area contributed by atoms with Crippen LogP contribution in [0.2, 0.25) is 0 Å². The molecule has 0 spiro atoms. The lowest BCUT2D eigenvalue weighted by molar-refractivity contribution is -0.152. The molecule has 0 radical (unpaired) electrons. The zero-order valence-corrected chi connectivity index (χ0v) is 15.9. The van der Waals surface area contributed by atoms with E-state index >= 15 is 0 Å². The van der Waals surface area contributed by atoms with Gasteiger partial charge in [-0.3, -0.25) is 4.79 Å². The molecular formula is C16H34O9. The number of aliphatic carboxylic acids is 2. The molecule has 0 fully saturated rings. The van der Waals surface area contributed by atoms with Crippen LogP contribution in [-0.2, 0) is 19.1 Å². The SMILES string of the molecule is CC(C)OC(C)C.CC(O)COC(C)CO.O=C(O)CC(O)C(=O)O. The van der Waals surface area contributed by atoms with Gasteiger partial charge in [0, 0.05) is 0 Å². The molecule has 0 amide bonds. The molecule has 3 unspecified atom stereocenters. The summed E-state index contributed by atoms with van der Waals surface area (Å²) in [5.74, 6) is -2.85. The van der Waals surface area contributed by atoms with Gasteiger partial charge in [-0.1, -0.05) is 0 Å². The average molecular weight is 370 g/mol. The van der Waals surface area contributed by atoms with E-state index in [1.54, 1.807) is 13.8 Å². The van der Waals surface area contributed by atoms with E-state index in [9.17, 15) is 9.59 Å². The fourth-order valence-electron chi connectivity index (χ4n) is 1.15. The van der Waals surface area contributed by atoms with E-state index in [0.717, 1.165) is 0 Å². The van der Waals surface area contributed by atoms with Crippen molar-refractivity contribution in [3.8, 4) is 0 Å². The Bertz CT molecular complexity index is 324. The van der Waals surface area contributed by atoms with Gasteiger partial charge in [0.1, 0.15) is 0 Å². The van der Waals surface area contributed by atoms with Crippen molar-refractivity contribution in [2.75, 3.05) is 13.2 Å². The molecule has 0 rings (SSSR count). The van der Waals surface area contributed by atoms with Crippen molar-refractivity contribution in [3.63, 3.8) is 0 Å². The number of rotatable bonds is 9. The number of carboxylic acid groups (broad SMARTS) is 2. The Kier molecular flexibility index (Phi) is 20.0. The summed E-state index contributed by atoms with van der Waals surface area (Å²) in [5, 5.41) is 41.3. The van der Waals surface area contributed by atoms with Crippen molar-refractivity contribution in [3.05, 3.63) is 0 Å². The third-order valence-corrected chi connectivity index (χ3v) is 2.08. The molecule has 5 N–H and O–H groups in total. The second kappa shape index (κ2) is 17.6. The predicted octanol–water partition coefficient (Wildman–Crippen LogP) is 0.491. The van der Waals surface area contributed by atoms with E-state index in [1.807, 2.05) is 27.7 Å². The first-order chi connectivity index (χ1) is 11.3. The number of carboxylic acids is 2. The van der Waals surface area contributed by atoms with Gasteiger partial charge >= 0.3 is 11.9 Å². The Hall–Kier alpha value is -1.26. The number of aliphatic hydroxyl groups excluding tert-OH is 3. The van der Waals surface area contributed by atoms with Gasteiger partial charge < -0.3 is 35.0 Å². The number of carbonyl (C=O) groups is 2. The summed E-state index contributed by atoms with van der Waals surface area (Å²) in [7, 11) is 0. The van der Waals surface area contributed by atoms with Crippen molar-refractivity contribution in [2.24, 2.45) is 0 Å². The second-order valence-corrected chi connectivity index (χ2v) is 5.86. The molecule has 0 bridgehead atoms. The highest BCUT2D eigenvalue weighted by atomic mass is 16.5. The molecule has 0 saturated carbocycles. The molecule has 152 valence electrons. The van der Waals surface area contributed by atoms with Gasteiger partial charge in [-0.15, -0.1) is 0 Å². The number of ether oxygens (including phenoxy) is 2. The third-order valence-electron chi connectivity index (χ3n) is 2.08. The van der Waals surface area contributed by atoms with Crippen LogP contribution >= 0.6 is 0 Å². The van der Waals surface area contributed by atoms with E-state index in [4.69, 9.17) is 35.0 Å². The number of hydrogen-bond donors (Lipinski definition) is 5. The monoisotopic (exact) mass is 370 g/mol. The van der Waals surface area contributed by atoms with Gasteiger partial charge in [0.25, 0.3) is 0 Å². The zero-order valence-electron chi connectivity index (χ0n) is 15.9. The smallest absolute Gasteiger partial charge is 0.333 e. The highest BCUT2D eigenvalue weighted by Crippen LogP contribution is 1.93. The van der Waals surface area contributed by atoms with Crippen LogP contribution < -0.4 is 0 Å². The lowest BCUT2D eigenvalue weighted by atomic mass is 10.3. The van der Waals surface area contributed by atoms with Gasteiger partial charge in [-0.2, -0.15) is 0 Å². The Labute approximate surface area is 149 Å². The molecule has 0 aliphatic rings. The van der Waals surface area contributed by atoms with E-state index in [-0.39, 0.29) is 12.7 Å². The first kappa shape index (κ1) is 28.5. The Morgan fingerprint density at radius 2 is 1.36 bits per heavy atom. The van der Waals surface area contributed by atoms with Crippen molar-refractivity contribution in [2.45, 2.75) is 78.5 Å². The predicted molar refractivity (Wildman–Crippen MR) is 91.4 cm³/mol. The largest absolute Gasteiger partial charge is 0.481 e. The fourth-order valence-corrected chi connectivity index (χ4v) is 1.15. The molecular weight excluding hydrogens is 336 g/mol. The fraction of sp³-hybridized carbons (Fsp3) is 0.875. The molecule has 0 aliphatic carbocycles. The van der Waals surface area contributed by atoms with Crippen molar-refractivity contribution < 1.29 is 44.6 Å². The quantitative estimate of drug-likeness (QED) is 0.390. The molecule has 0 heterocycles. The zero-order chi connectivity index (χ0) is 20.6. The molecule has 0 aliphatic heterocycles. The molecule has 9 heteroatoms. The van der Waals surface area contributed by atoms with Crippen LogP contribution in [0.4, 0.5) is 0 Å². The summed E-state index contributed by atoms with van der Waals surface area (Å²) in [6, 6.07) is 0. The lowest BCUT2D eigenvalue weighted by Crippen LogP contribution is -2.22. The standard InChI is InChI=1S/C6H14O3.C6H14O.C4H6O5/c1-5(8)4-9-6(2)3-7;1-5(2)7-6(3)4;5-2(4(8)9)1-3(6)7/h5-8H,3-4H2,1-2H3;5-6H,1-4H3;2,5H,1H2,(H,6,7)(H,8,9). The Morgan fingerprint density at radius 1 is 0.920 bits per heavy atom. The Balaban J connectivity index is -0.000000293. The average Bonchev–Trinajstić information content (AvgIpc) is 2.43. The van der Waals surface area contributed by atoms with Crippen LogP contribution in [0.5, 0.6) is 0 Å². The summed E-state index contributed by atoms with van der Waals surface area (Å²) in [4.78, 5) is 19.4. The van der Waals surface area contributed by atoms with E-state index < -0.39 is 30.6 Å². The molecule has 9 nitrogen and oxygen atoms in total. The minimum absolute atomic E-state index is 0.00667. The lowest BCUT2D eigenvalue weighted by Gasteiger charge is -2.10. The molecule has 0 saturated heterocycles. The van der Waals surface area contributed by atoms with Crippen LogP contribution in [0, 0.1) is 0 Å². The summed E-state index contributed by atoms with van der Waals surface area (Å²) in [6.07, 6.45) is -2.41. The molecule has 0 aromatic heterocycles. The van der Waals surface area contributed by atoms with Crippen LogP contribution in [-0.4, -0.2) is 81.2 Å². The van der Waals surface area contributed by atoms with Crippen molar-refractivity contribution >= 4 is 11.9 Å². The van der Waals surface area contributed by atoms with Gasteiger partial charge in [-0.05, 0) is 41.5 Å². The number of hydrogen-bond acceptors (Lipinski definition) is 7. The molecule has 3 atom stereocenters. The summed E-state index contributed by atoms with van der Waals surface area (Å²) >= 11 is 0. The summed E-state index contributed by atoms with van der Waals surface area (Å²) < 4.78 is 10.2.